The second kappa shape index (κ2) is 8.80. The number of hydrogen-bond acceptors (Lipinski definition) is 6. The Bertz CT molecular complexity index is 643. The van der Waals surface area contributed by atoms with E-state index in [1.165, 1.54) is 25.7 Å². The SMILES string of the molecule is CN1CCN(C2(CNC(=O)/C=C/c3cnc(N(C)C)nc3)CCCC2)CC1. The number of likely N-dealkylation sites (N-methyl/N-ethyl adjacent to an activating group) is 1. The van der Waals surface area contributed by atoms with E-state index in [1.807, 2.05) is 19.0 Å². The van der Waals surface area contributed by atoms with Crippen molar-refractivity contribution in [1.29, 1.82) is 0 Å². The highest BCUT2D eigenvalue weighted by Crippen LogP contribution is 2.35. The Morgan fingerprint density at radius 2 is 1.81 bits per heavy atom. The van der Waals surface area contributed by atoms with Crippen LogP contribution < -0.4 is 10.2 Å². The standard InChI is InChI=1S/C20H32N6O/c1-24(2)19-21-14-17(15-22-19)6-7-18(27)23-16-20(8-4-5-9-20)26-12-10-25(3)11-13-26/h6-7,14-15H,4-5,8-13,16H2,1-3H3,(H,23,27)/b7-6+. The van der Waals surface area contributed by atoms with Crippen LogP contribution in [0.3, 0.4) is 0 Å². The summed E-state index contributed by atoms with van der Waals surface area (Å²) in [5.74, 6) is 0.610. The molecular formula is C20H32N6O. The van der Waals surface area contributed by atoms with Crippen LogP contribution >= 0.6 is 0 Å². The van der Waals surface area contributed by atoms with Gasteiger partial charge < -0.3 is 15.1 Å². The summed E-state index contributed by atoms with van der Waals surface area (Å²) in [7, 11) is 5.98. The molecule has 3 rings (SSSR count). The van der Waals surface area contributed by atoms with E-state index >= 15 is 0 Å². The van der Waals surface area contributed by atoms with Crippen molar-refractivity contribution in [1.82, 2.24) is 25.1 Å². The van der Waals surface area contributed by atoms with Gasteiger partial charge in [0.2, 0.25) is 11.9 Å². The summed E-state index contributed by atoms with van der Waals surface area (Å²) in [6.07, 6.45) is 11.7. The zero-order chi connectivity index (χ0) is 19.3. The maximum Gasteiger partial charge on any atom is 0.244 e. The minimum atomic E-state index is -0.0490. The van der Waals surface area contributed by atoms with Gasteiger partial charge in [0.05, 0.1) is 0 Å². The van der Waals surface area contributed by atoms with Crippen LogP contribution in [0.5, 0.6) is 0 Å². The summed E-state index contributed by atoms with van der Waals surface area (Å²) in [5.41, 5.74) is 0.965. The first-order valence-corrected chi connectivity index (χ1v) is 9.87. The molecule has 0 aromatic carbocycles. The maximum atomic E-state index is 12.4. The number of piperazine rings is 1. The van der Waals surface area contributed by atoms with Gasteiger partial charge in [-0.15, -0.1) is 0 Å². The molecule has 27 heavy (non-hydrogen) atoms. The molecule has 0 spiro atoms. The number of anilines is 1. The average Bonchev–Trinajstić information content (AvgIpc) is 3.16. The molecule has 7 nitrogen and oxygen atoms in total. The van der Waals surface area contributed by atoms with Crippen molar-refractivity contribution < 1.29 is 4.79 Å². The van der Waals surface area contributed by atoms with Crippen molar-refractivity contribution in [3.8, 4) is 0 Å². The topological polar surface area (TPSA) is 64.6 Å². The van der Waals surface area contributed by atoms with Crippen LogP contribution in [0.15, 0.2) is 18.5 Å². The third kappa shape index (κ3) is 5.05. The Balaban J connectivity index is 1.55. The fourth-order valence-electron chi connectivity index (χ4n) is 4.05. The molecule has 0 unspecified atom stereocenters. The lowest BCUT2D eigenvalue weighted by molar-refractivity contribution is -0.117. The molecule has 1 aliphatic heterocycles. The van der Waals surface area contributed by atoms with Gasteiger partial charge in [0.1, 0.15) is 0 Å². The third-order valence-electron chi connectivity index (χ3n) is 5.79. The minimum absolute atomic E-state index is 0.0490. The van der Waals surface area contributed by atoms with E-state index in [0.29, 0.717) is 5.95 Å². The second-order valence-electron chi connectivity index (χ2n) is 7.98. The largest absolute Gasteiger partial charge is 0.351 e. The van der Waals surface area contributed by atoms with Crippen molar-refractivity contribution >= 4 is 17.9 Å². The van der Waals surface area contributed by atoms with Crippen LogP contribution in [0.25, 0.3) is 6.08 Å². The van der Waals surface area contributed by atoms with Gasteiger partial charge in [0, 0.05) is 76.4 Å². The summed E-state index contributed by atoms with van der Waals surface area (Å²) >= 11 is 0. The van der Waals surface area contributed by atoms with E-state index in [-0.39, 0.29) is 11.4 Å². The number of amides is 1. The van der Waals surface area contributed by atoms with E-state index in [0.717, 1.165) is 38.3 Å². The minimum Gasteiger partial charge on any atom is -0.351 e. The molecule has 0 bridgehead atoms. The van der Waals surface area contributed by atoms with Gasteiger partial charge in [0.15, 0.2) is 0 Å². The molecule has 0 radical (unpaired) electrons. The predicted octanol–water partition coefficient (Wildman–Crippen LogP) is 1.23. The highest BCUT2D eigenvalue weighted by Gasteiger charge is 2.40. The highest BCUT2D eigenvalue weighted by molar-refractivity contribution is 5.91. The monoisotopic (exact) mass is 372 g/mol. The Kier molecular flexibility index (Phi) is 6.44. The second-order valence-corrected chi connectivity index (χ2v) is 7.98. The van der Waals surface area contributed by atoms with Gasteiger partial charge in [-0.25, -0.2) is 9.97 Å². The normalized spacial score (nSPS) is 20.9. The summed E-state index contributed by atoms with van der Waals surface area (Å²) in [5, 5.41) is 3.14. The smallest absolute Gasteiger partial charge is 0.244 e. The van der Waals surface area contributed by atoms with Crippen LogP contribution in [0, 0.1) is 0 Å². The zero-order valence-corrected chi connectivity index (χ0v) is 16.8. The molecule has 0 atom stereocenters. The molecule has 7 heteroatoms. The van der Waals surface area contributed by atoms with Gasteiger partial charge in [-0.3, -0.25) is 9.69 Å². The number of carbonyl (C=O) groups is 1. The molecular weight excluding hydrogens is 340 g/mol. The molecule has 2 fully saturated rings. The number of nitrogens with zero attached hydrogens (tertiary/aromatic N) is 5. The molecule has 1 saturated heterocycles. The first-order valence-electron chi connectivity index (χ1n) is 9.87. The summed E-state index contributed by atoms with van der Waals surface area (Å²) in [6, 6.07) is 0. The fourth-order valence-corrected chi connectivity index (χ4v) is 4.05. The van der Waals surface area contributed by atoms with E-state index in [4.69, 9.17) is 0 Å². The van der Waals surface area contributed by atoms with Crippen LogP contribution in [0.1, 0.15) is 31.2 Å². The molecule has 1 aliphatic carbocycles. The molecule has 2 aliphatic rings. The van der Waals surface area contributed by atoms with Gasteiger partial charge >= 0.3 is 0 Å². The Morgan fingerprint density at radius 3 is 2.41 bits per heavy atom. The summed E-state index contributed by atoms with van der Waals surface area (Å²) < 4.78 is 0. The number of hydrogen-bond donors (Lipinski definition) is 1. The highest BCUT2D eigenvalue weighted by atomic mass is 16.1. The number of nitrogens with one attached hydrogen (secondary N) is 1. The molecule has 2 heterocycles. The van der Waals surface area contributed by atoms with Gasteiger partial charge in [-0.05, 0) is 26.0 Å². The van der Waals surface area contributed by atoms with Gasteiger partial charge in [-0.1, -0.05) is 12.8 Å². The lowest BCUT2D eigenvalue weighted by Gasteiger charge is -2.45. The first-order chi connectivity index (χ1) is 13.0. The van der Waals surface area contributed by atoms with Crippen LogP contribution in [0.2, 0.25) is 0 Å². The van der Waals surface area contributed by atoms with E-state index in [1.54, 1.807) is 24.5 Å². The zero-order valence-electron chi connectivity index (χ0n) is 16.8. The molecule has 148 valence electrons. The number of aromatic nitrogens is 2. The third-order valence-corrected chi connectivity index (χ3v) is 5.79. The van der Waals surface area contributed by atoms with Crippen LogP contribution in [-0.4, -0.2) is 85.1 Å². The predicted molar refractivity (Wildman–Crippen MR) is 109 cm³/mol. The maximum absolute atomic E-state index is 12.4. The molecule has 1 N–H and O–H groups in total. The molecule has 1 aromatic rings. The Hall–Kier alpha value is -1.99. The molecule has 1 amide bonds. The average molecular weight is 373 g/mol. The van der Waals surface area contributed by atoms with Crippen molar-refractivity contribution in [2.24, 2.45) is 0 Å². The van der Waals surface area contributed by atoms with Crippen molar-refractivity contribution in [3.63, 3.8) is 0 Å². The van der Waals surface area contributed by atoms with Crippen molar-refractivity contribution in [2.75, 3.05) is 58.8 Å². The molecule has 1 saturated carbocycles. The lowest BCUT2D eigenvalue weighted by Crippen LogP contribution is -2.59. The fraction of sp³-hybridized carbons (Fsp3) is 0.650. The Morgan fingerprint density at radius 1 is 1.19 bits per heavy atom. The number of rotatable bonds is 6. The van der Waals surface area contributed by atoms with Gasteiger partial charge in [-0.2, -0.15) is 0 Å². The van der Waals surface area contributed by atoms with E-state index in [2.05, 4.69) is 32.1 Å². The van der Waals surface area contributed by atoms with E-state index in [9.17, 15) is 4.79 Å². The van der Waals surface area contributed by atoms with Crippen molar-refractivity contribution in [3.05, 3.63) is 24.0 Å². The summed E-state index contributed by atoms with van der Waals surface area (Å²) in [6.45, 7) is 5.14. The first kappa shape index (κ1) is 19.8. The summed E-state index contributed by atoms with van der Waals surface area (Å²) in [4.78, 5) is 27.7. The quantitative estimate of drug-likeness (QED) is 0.758. The van der Waals surface area contributed by atoms with Gasteiger partial charge in [0.25, 0.3) is 0 Å². The lowest BCUT2D eigenvalue weighted by atomic mass is 9.93. The number of carbonyl (C=O) groups excluding carboxylic acids is 1. The Labute approximate surface area is 162 Å². The van der Waals surface area contributed by atoms with Crippen LogP contribution in [0.4, 0.5) is 5.95 Å². The van der Waals surface area contributed by atoms with E-state index < -0.39 is 0 Å². The van der Waals surface area contributed by atoms with Crippen molar-refractivity contribution in [2.45, 2.75) is 31.2 Å². The van der Waals surface area contributed by atoms with Crippen LogP contribution in [-0.2, 0) is 4.79 Å². The molecule has 1 aromatic heterocycles.